The number of fused-ring (bicyclic) bond motifs is 5. The van der Waals surface area contributed by atoms with Crippen LogP contribution in [0, 0.1) is 0 Å². The third-order valence-electron chi connectivity index (χ3n) is 7.21. The number of carbonyl (C=O) groups is 3. The van der Waals surface area contributed by atoms with Crippen molar-refractivity contribution in [1.82, 2.24) is 15.2 Å². The highest BCUT2D eigenvalue weighted by molar-refractivity contribution is 6.25. The van der Waals surface area contributed by atoms with Crippen molar-refractivity contribution in [2.45, 2.75) is 45.3 Å². The number of imide groups is 1. The van der Waals surface area contributed by atoms with Gasteiger partial charge in [0.2, 0.25) is 0 Å². The standard InChI is InChI=1S/C28H32N4O5/c1-17(2)37-15-7-13-29-25(33)20-8-5-6-9-23(20)32-26(34)28(3)24-19(12-14-31(28)27(32)35)21-16-18(36-4)10-11-22(21)30-24/h5-6,8-11,16-17,30H,7,12-15H2,1-4H3,(H,29,33)/t28-/m0/s1. The molecule has 2 aromatic carbocycles. The first-order valence-electron chi connectivity index (χ1n) is 12.6. The van der Waals surface area contributed by atoms with Crippen LogP contribution >= 0.6 is 0 Å². The number of nitrogens with zero attached hydrogens (tertiary/aromatic N) is 2. The van der Waals surface area contributed by atoms with E-state index >= 15 is 0 Å². The number of hydrogen-bond acceptors (Lipinski definition) is 5. The maximum absolute atomic E-state index is 14.0. The van der Waals surface area contributed by atoms with Crippen LogP contribution < -0.4 is 15.0 Å². The number of ether oxygens (including phenoxy) is 2. The van der Waals surface area contributed by atoms with Crippen molar-refractivity contribution in [2.24, 2.45) is 0 Å². The van der Waals surface area contributed by atoms with Crippen molar-refractivity contribution in [3.63, 3.8) is 0 Å². The number of carbonyl (C=O) groups excluding carboxylic acids is 3. The summed E-state index contributed by atoms with van der Waals surface area (Å²) in [7, 11) is 1.62. The van der Waals surface area contributed by atoms with E-state index in [9.17, 15) is 14.4 Å². The number of aromatic amines is 1. The molecule has 1 saturated heterocycles. The lowest BCUT2D eigenvalue weighted by molar-refractivity contribution is -0.125. The molecule has 0 saturated carbocycles. The highest BCUT2D eigenvalue weighted by Gasteiger charge is 2.59. The molecule has 4 amide bonds. The molecule has 0 aliphatic carbocycles. The van der Waals surface area contributed by atoms with Crippen molar-refractivity contribution in [2.75, 3.05) is 31.7 Å². The molecule has 9 nitrogen and oxygen atoms in total. The Morgan fingerprint density at radius 1 is 1.19 bits per heavy atom. The van der Waals surface area contributed by atoms with Gasteiger partial charge in [-0.1, -0.05) is 12.1 Å². The van der Waals surface area contributed by atoms with E-state index in [0.29, 0.717) is 38.2 Å². The summed E-state index contributed by atoms with van der Waals surface area (Å²) in [6.07, 6.45) is 1.39. The molecule has 1 atom stereocenters. The number of anilines is 1. The zero-order valence-electron chi connectivity index (χ0n) is 21.6. The number of urea groups is 1. The number of aromatic nitrogens is 1. The van der Waals surface area contributed by atoms with Gasteiger partial charge in [-0.25, -0.2) is 9.69 Å². The summed E-state index contributed by atoms with van der Waals surface area (Å²) in [6, 6.07) is 12.0. The van der Waals surface area contributed by atoms with Gasteiger partial charge >= 0.3 is 6.03 Å². The van der Waals surface area contributed by atoms with Crippen molar-refractivity contribution in [3.8, 4) is 5.75 Å². The van der Waals surface area contributed by atoms with Crippen LogP contribution in [0.4, 0.5) is 10.5 Å². The molecule has 2 aliphatic rings. The van der Waals surface area contributed by atoms with Crippen molar-refractivity contribution >= 4 is 34.4 Å². The normalized spacial score (nSPS) is 18.9. The van der Waals surface area contributed by atoms with Gasteiger partial charge in [-0.15, -0.1) is 0 Å². The summed E-state index contributed by atoms with van der Waals surface area (Å²) in [5.74, 6) is 0.00441. The molecule has 1 aromatic heterocycles. The molecule has 37 heavy (non-hydrogen) atoms. The molecular weight excluding hydrogens is 472 g/mol. The van der Waals surface area contributed by atoms with Crippen LogP contribution in [-0.2, 0) is 21.5 Å². The first kappa shape index (κ1) is 24.8. The Labute approximate surface area is 215 Å². The van der Waals surface area contributed by atoms with Gasteiger partial charge in [-0.2, -0.15) is 0 Å². The van der Waals surface area contributed by atoms with Gasteiger partial charge in [0.05, 0.1) is 30.2 Å². The highest BCUT2D eigenvalue weighted by Crippen LogP contribution is 2.46. The van der Waals surface area contributed by atoms with Crippen molar-refractivity contribution in [1.29, 1.82) is 0 Å². The fraction of sp³-hybridized carbons (Fsp3) is 0.393. The summed E-state index contributed by atoms with van der Waals surface area (Å²) in [4.78, 5) is 46.9. The number of methoxy groups -OCH3 is 1. The van der Waals surface area contributed by atoms with Gasteiger partial charge < -0.3 is 24.7 Å². The Kier molecular flexibility index (Phi) is 6.41. The molecule has 0 radical (unpaired) electrons. The molecule has 0 bridgehead atoms. The lowest BCUT2D eigenvalue weighted by Gasteiger charge is -2.35. The van der Waals surface area contributed by atoms with E-state index in [0.717, 1.165) is 27.1 Å². The average molecular weight is 505 g/mol. The smallest absolute Gasteiger partial charge is 0.332 e. The average Bonchev–Trinajstić information content (AvgIpc) is 3.36. The highest BCUT2D eigenvalue weighted by atomic mass is 16.5. The van der Waals surface area contributed by atoms with Crippen LogP contribution in [0.15, 0.2) is 42.5 Å². The molecule has 3 heterocycles. The third-order valence-corrected chi connectivity index (χ3v) is 7.21. The van der Waals surface area contributed by atoms with E-state index in [1.54, 1.807) is 43.2 Å². The fourth-order valence-electron chi connectivity index (χ4n) is 5.31. The van der Waals surface area contributed by atoms with Crippen LogP contribution in [0.25, 0.3) is 10.9 Å². The molecule has 0 spiro atoms. The molecule has 9 heteroatoms. The summed E-state index contributed by atoms with van der Waals surface area (Å²) in [5.41, 5.74) is 1.94. The van der Waals surface area contributed by atoms with Gasteiger partial charge in [0.15, 0.2) is 5.54 Å². The maximum atomic E-state index is 14.0. The molecule has 0 unspecified atom stereocenters. The zero-order valence-corrected chi connectivity index (χ0v) is 21.6. The van der Waals surface area contributed by atoms with Gasteiger partial charge in [0.25, 0.3) is 11.8 Å². The van der Waals surface area contributed by atoms with Gasteiger partial charge in [0.1, 0.15) is 5.75 Å². The van der Waals surface area contributed by atoms with Crippen LogP contribution in [-0.4, -0.2) is 60.6 Å². The Balaban J connectivity index is 1.46. The first-order chi connectivity index (χ1) is 17.8. The number of nitrogens with one attached hydrogen (secondary N) is 2. The monoisotopic (exact) mass is 504 g/mol. The quantitative estimate of drug-likeness (QED) is 0.357. The van der Waals surface area contributed by atoms with E-state index in [1.165, 1.54) is 0 Å². The van der Waals surface area contributed by atoms with Gasteiger partial charge in [-0.05, 0) is 69.5 Å². The number of para-hydroxylation sites is 1. The summed E-state index contributed by atoms with van der Waals surface area (Å²) in [6.45, 7) is 7.04. The van der Waals surface area contributed by atoms with E-state index in [2.05, 4.69) is 10.3 Å². The minimum Gasteiger partial charge on any atom is -0.497 e. The van der Waals surface area contributed by atoms with E-state index in [-0.39, 0.29) is 29.2 Å². The van der Waals surface area contributed by atoms with Crippen LogP contribution in [0.5, 0.6) is 5.75 Å². The predicted molar refractivity (Wildman–Crippen MR) is 140 cm³/mol. The Hall–Kier alpha value is -3.85. The Morgan fingerprint density at radius 3 is 2.73 bits per heavy atom. The SMILES string of the molecule is COc1ccc2[nH]c3c(c2c1)CCN1C(=O)N(c2ccccc2C(=O)NCCCOC(C)C)C(=O)[C@]31C. The fourth-order valence-corrected chi connectivity index (χ4v) is 5.31. The lowest BCUT2D eigenvalue weighted by Crippen LogP contribution is -2.49. The van der Waals surface area contributed by atoms with Gasteiger partial charge in [0, 0.05) is 30.6 Å². The van der Waals surface area contributed by atoms with E-state index in [4.69, 9.17) is 9.47 Å². The molecule has 194 valence electrons. The molecule has 2 N–H and O–H groups in total. The molecule has 3 aromatic rings. The zero-order chi connectivity index (χ0) is 26.3. The second-order valence-electron chi connectivity index (χ2n) is 9.83. The number of amides is 4. The first-order valence-corrected chi connectivity index (χ1v) is 12.6. The minimum atomic E-state index is -1.21. The van der Waals surface area contributed by atoms with Crippen LogP contribution in [0.3, 0.4) is 0 Å². The molecular formula is C28H32N4O5. The molecule has 5 rings (SSSR count). The second kappa shape index (κ2) is 9.55. The predicted octanol–water partition coefficient (Wildman–Crippen LogP) is 3.96. The largest absolute Gasteiger partial charge is 0.497 e. The molecule has 1 fully saturated rings. The van der Waals surface area contributed by atoms with Crippen molar-refractivity contribution < 1.29 is 23.9 Å². The molecule has 2 aliphatic heterocycles. The van der Waals surface area contributed by atoms with E-state index in [1.807, 2.05) is 32.0 Å². The van der Waals surface area contributed by atoms with Crippen LogP contribution in [0.1, 0.15) is 48.8 Å². The minimum absolute atomic E-state index is 0.128. The maximum Gasteiger partial charge on any atom is 0.332 e. The number of rotatable bonds is 8. The Bertz CT molecular complexity index is 1380. The van der Waals surface area contributed by atoms with Crippen molar-refractivity contribution in [3.05, 3.63) is 59.3 Å². The Morgan fingerprint density at radius 2 is 1.97 bits per heavy atom. The number of hydrogen-bond donors (Lipinski definition) is 2. The third kappa shape index (κ3) is 4.03. The number of H-pyrrole nitrogens is 1. The van der Waals surface area contributed by atoms with E-state index < -0.39 is 11.6 Å². The second-order valence-corrected chi connectivity index (χ2v) is 9.83. The number of benzene rings is 2. The summed E-state index contributed by atoms with van der Waals surface area (Å²) >= 11 is 0. The summed E-state index contributed by atoms with van der Waals surface area (Å²) < 4.78 is 10.9. The topological polar surface area (TPSA) is 104 Å². The van der Waals surface area contributed by atoms with Crippen LogP contribution in [0.2, 0.25) is 0 Å². The summed E-state index contributed by atoms with van der Waals surface area (Å²) in [5, 5.41) is 3.86. The van der Waals surface area contributed by atoms with Gasteiger partial charge in [-0.3, -0.25) is 9.59 Å². The lowest BCUT2D eigenvalue weighted by atomic mass is 9.87.